The molecule has 0 radical (unpaired) electrons. The molecule has 1 aliphatic heterocycles. The number of aryl methyl sites for hydroxylation is 1. The maximum atomic E-state index is 12.6. The molecule has 1 atom stereocenters. The highest BCUT2D eigenvalue weighted by molar-refractivity contribution is 7.20. The van der Waals surface area contributed by atoms with Crippen molar-refractivity contribution in [3.63, 3.8) is 0 Å². The van der Waals surface area contributed by atoms with E-state index in [9.17, 15) is 9.59 Å². The van der Waals surface area contributed by atoms with Crippen LogP contribution in [0.3, 0.4) is 0 Å². The van der Waals surface area contributed by atoms with Crippen LogP contribution in [0.2, 0.25) is 0 Å². The molecule has 3 rings (SSSR count). The van der Waals surface area contributed by atoms with Gasteiger partial charge in [0.1, 0.15) is 0 Å². The molecule has 148 valence electrons. The first-order valence-electron chi connectivity index (χ1n) is 9.64. The molecule has 9 heteroatoms. The van der Waals surface area contributed by atoms with Crippen molar-refractivity contribution in [1.29, 1.82) is 0 Å². The second-order valence-corrected chi connectivity index (χ2v) is 7.85. The largest absolute Gasteiger partial charge is 0.355 e. The Labute approximate surface area is 163 Å². The zero-order valence-corrected chi connectivity index (χ0v) is 17.1. The maximum absolute atomic E-state index is 12.6. The molecule has 2 aromatic rings. The average Bonchev–Trinajstić information content (AvgIpc) is 3.09. The van der Waals surface area contributed by atoms with Crippen molar-refractivity contribution in [1.82, 2.24) is 24.8 Å². The summed E-state index contributed by atoms with van der Waals surface area (Å²) in [6.45, 7) is 11.1. The summed E-state index contributed by atoms with van der Waals surface area (Å²) < 4.78 is 1.35. The Morgan fingerprint density at radius 2 is 2.19 bits per heavy atom. The van der Waals surface area contributed by atoms with Gasteiger partial charge in [-0.05, 0) is 32.9 Å². The zero-order valence-electron chi connectivity index (χ0n) is 16.3. The van der Waals surface area contributed by atoms with Crippen molar-refractivity contribution in [2.24, 2.45) is 5.92 Å². The molecule has 3 heterocycles. The minimum atomic E-state index is -0.164. The first-order chi connectivity index (χ1) is 13.0. The van der Waals surface area contributed by atoms with Crippen LogP contribution in [0, 0.1) is 12.8 Å². The van der Waals surface area contributed by atoms with Crippen molar-refractivity contribution < 1.29 is 4.79 Å². The van der Waals surface area contributed by atoms with Crippen LogP contribution in [-0.4, -0.2) is 64.7 Å². The van der Waals surface area contributed by atoms with Gasteiger partial charge >= 0.3 is 0 Å². The summed E-state index contributed by atoms with van der Waals surface area (Å²) in [5.74, 6) is 0.0630. The number of anilines is 1. The van der Waals surface area contributed by atoms with Gasteiger partial charge in [0.2, 0.25) is 16.0 Å². The van der Waals surface area contributed by atoms with Gasteiger partial charge in [-0.2, -0.15) is 4.52 Å². The standard InChI is InChI=1S/C18H28N6O2S/c1-4-22(5-2)10-8-19-16(26)14-7-6-9-23(12-14)18-21-24-15(25)11-13(3)20-17(24)27-18/h11,14H,4-10,12H2,1-3H3,(H,19,26)/t14-/m0/s1. The molecular formula is C18H28N6O2S. The number of piperidine rings is 1. The van der Waals surface area contributed by atoms with Gasteiger partial charge in [0, 0.05) is 37.9 Å². The normalized spacial score (nSPS) is 17.6. The smallest absolute Gasteiger partial charge is 0.275 e. The van der Waals surface area contributed by atoms with E-state index in [0.29, 0.717) is 23.7 Å². The van der Waals surface area contributed by atoms with Crippen LogP contribution in [0.15, 0.2) is 10.9 Å². The molecule has 8 nitrogen and oxygen atoms in total. The molecule has 1 N–H and O–H groups in total. The van der Waals surface area contributed by atoms with Gasteiger partial charge in [-0.15, -0.1) is 5.10 Å². The van der Waals surface area contributed by atoms with Crippen LogP contribution in [-0.2, 0) is 4.79 Å². The lowest BCUT2D eigenvalue weighted by atomic mass is 9.97. The predicted molar refractivity (Wildman–Crippen MR) is 108 cm³/mol. The van der Waals surface area contributed by atoms with E-state index in [0.717, 1.165) is 44.2 Å². The third-order valence-corrected chi connectivity index (χ3v) is 6.02. The van der Waals surface area contributed by atoms with Crippen molar-refractivity contribution in [3.05, 3.63) is 22.1 Å². The number of rotatable bonds is 7. The van der Waals surface area contributed by atoms with E-state index >= 15 is 0 Å². The number of aromatic nitrogens is 3. The number of hydrogen-bond donors (Lipinski definition) is 1. The van der Waals surface area contributed by atoms with Gasteiger partial charge in [-0.3, -0.25) is 9.59 Å². The van der Waals surface area contributed by atoms with E-state index < -0.39 is 0 Å². The molecular weight excluding hydrogens is 364 g/mol. The van der Waals surface area contributed by atoms with Crippen LogP contribution in [0.5, 0.6) is 0 Å². The summed E-state index contributed by atoms with van der Waals surface area (Å²) in [4.78, 5) is 34.0. The van der Waals surface area contributed by atoms with E-state index in [1.54, 1.807) is 6.92 Å². The lowest BCUT2D eigenvalue weighted by Gasteiger charge is -2.31. The van der Waals surface area contributed by atoms with Gasteiger partial charge in [-0.1, -0.05) is 25.2 Å². The third kappa shape index (κ3) is 4.65. The third-order valence-electron chi connectivity index (χ3n) is 5.05. The number of hydrogen-bond acceptors (Lipinski definition) is 7. The van der Waals surface area contributed by atoms with Gasteiger partial charge in [-0.25, -0.2) is 4.98 Å². The molecule has 1 amide bonds. The fourth-order valence-electron chi connectivity index (χ4n) is 3.42. The van der Waals surface area contributed by atoms with E-state index in [4.69, 9.17) is 0 Å². The van der Waals surface area contributed by atoms with E-state index in [1.807, 2.05) is 0 Å². The number of nitrogens with zero attached hydrogens (tertiary/aromatic N) is 5. The minimum absolute atomic E-state index is 0.0473. The fourth-order valence-corrected chi connectivity index (χ4v) is 4.41. The number of fused-ring (bicyclic) bond motifs is 1. The van der Waals surface area contributed by atoms with Crippen LogP contribution >= 0.6 is 11.3 Å². The highest BCUT2D eigenvalue weighted by Gasteiger charge is 2.27. The first kappa shape index (κ1) is 19.8. The van der Waals surface area contributed by atoms with Crippen LogP contribution < -0.4 is 15.8 Å². The molecule has 1 saturated heterocycles. The van der Waals surface area contributed by atoms with Gasteiger partial charge in [0.15, 0.2) is 0 Å². The van der Waals surface area contributed by atoms with Gasteiger partial charge < -0.3 is 15.1 Å². The number of nitrogens with one attached hydrogen (secondary N) is 1. The Kier molecular flexibility index (Phi) is 6.43. The number of amides is 1. The van der Waals surface area contributed by atoms with Gasteiger partial charge in [0.05, 0.1) is 5.92 Å². The molecule has 0 bridgehead atoms. The first-order valence-corrected chi connectivity index (χ1v) is 10.5. The van der Waals surface area contributed by atoms with Crippen LogP contribution in [0.25, 0.3) is 4.96 Å². The van der Waals surface area contributed by atoms with Crippen molar-refractivity contribution >= 4 is 27.3 Å². The maximum Gasteiger partial charge on any atom is 0.275 e. The van der Waals surface area contributed by atoms with Crippen molar-refractivity contribution in [3.8, 4) is 0 Å². The molecule has 0 saturated carbocycles. The molecule has 0 aliphatic carbocycles. The number of carbonyl (C=O) groups is 1. The summed E-state index contributed by atoms with van der Waals surface area (Å²) in [6, 6.07) is 1.48. The molecule has 27 heavy (non-hydrogen) atoms. The Hall–Kier alpha value is -2.00. The SMILES string of the molecule is CCN(CC)CCNC(=O)[C@H]1CCCN(c2nn3c(=O)cc(C)nc3s2)C1. The Bertz CT molecular complexity index is 844. The predicted octanol–water partition coefficient (Wildman–Crippen LogP) is 1.13. The quantitative estimate of drug-likeness (QED) is 0.761. The average molecular weight is 393 g/mol. The van der Waals surface area contributed by atoms with Crippen LogP contribution in [0.1, 0.15) is 32.4 Å². The number of carbonyl (C=O) groups excluding carboxylic acids is 1. The lowest BCUT2D eigenvalue weighted by Crippen LogP contribution is -2.44. The summed E-state index contributed by atoms with van der Waals surface area (Å²) in [7, 11) is 0. The Balaban J connectivity index is 1.63. The summed E-state index contributed by atoms with van der Waals surface area (Å²) >= 11 is 1.40. The van der Waals surface area contributed by atoms with Gasteiger partial charge in [0.25, 0.3) is 5.56 Å². The summed E-state index contributed by atoms with van der Waals surface area (Å²) in [5.41, 5.74) is 0.530. The van der Waals surface area contributed by atoms with E-state index in [-0.39, 0.29) is 17.4 Å². The Morgan fingerprint density at radius 3 is 2.93 bits per heavy atom. The second-order valence-electron chi connectivity index (χ2n) is 6.92. The van der Waals surface area contributed by atoms with E-state index in [1.165, 1.54) is 21.9 Å². The summed E-state index contributed by atoms with van der Waals surface area (Å²) in [6.07, 6.45) is 1.82. The molecule has 0 aromatic carbocycles. The molecule has 0 unspecified atom stereocenters. The molecule has 2 aromatic heterocycles. The molecule has 1 aliphatic rings. The molecule has 1 fully saturated rings. The van der Waals surface area contributed by atoms with E-state index in [2.05, 4.69) is 39.0 Å². The monoisotopic (exact) mass is 392 g/mol. The summed E-state index contributed by atoms with van der Waals surface area (Å²) in [5, 5.41) is 8.26. The highest BCUT2D eigenvalue weighted by atomic mass is 32.1. The highest BCUT2D eigenvalue weighted by Crippen LogP contribution is 2.26. The Morgan fingerprint density at radius 1 is 1.41 bits per heavy atom. The fraction of sp³-hybridized carbons (Fsp3) is 0.667. The van der Waals surface area contributed by atoms with Crippen molar-refractivity contribution in [2.75, 3.05) is 44.2 Å². The topological polar surface area (TPSA) is 82.8 Å². The molecule has 0 spiro atoms. The zero-order chi connectivity index (χ0) is 19.4. The number of likely N-dealkylation sites (N-methyl/N-ethyl adjacent to an activating group) is 1. The second kappa shape index (κ2) is 8.79. The van der Waals surface area contributed by atoms with Crippen molar-refractivity contribution in [2.45, 2.75) is 33.6 Å². The van der Waals surface area contributed by atoms with Crippen LogP contribution in [0.4, 0.5) is 5.13 Å². The minimum Gasteiger partial charge on any atom is -0.355 e. The lowest BCUT2D eigenvalue weighted by molar-refractivity contribution is -0.125.